The number of rotatable bonds is 4. The summed E-state index contributed by atoms with van der Waals surface area (Å²) in [6.07, 6.45) is 2.69. The van der Waals surface area contributed by atoms with Crippen molar-refractivity contribution in [3.63, 3.8) is 0 Å². The number of hydrogen-bond acceptors (Lipinski definition) is 4. The number of carboxylic acid groups (broad SMARTS) is 1. The Bertz CT molecular complexity index is 436. The summed E-state index contributed by atoms with van der Waals surface area (Å²) in [5, 5.41) is 19.8. The van der Waals surface area contributed by atoms with E-state index in [0.717, 1.165) is 6.20 Å². The Morgan fingerprint density at radius 2 is 2.31 bits per heavy atom. The highest BCUT2D eigenvalue weighted by molar-refractivity contribution is 9.10. The Morgan fingerprint density at radius 1 is 1.69 bits per heavy atom. The summed E-state index contributed by atoms with van der Waals surface area (Å²) in [7, 11) is 0. The molecule has 1 N–H and O–H groups in total. The fourth-order valence-corrected chi connectivity index (χ4v) is 2.03. The largest absolute Gasteiger partial charge is 0.481 e. The van der Waals surface area contributed by atoms with Crippen molar-refractivity contribution < 1.29 is 14.8 Å². The van der Waals surface area contributed by atoms with Crippen molar-refractivity contribution in [1.29, 1.82) is 0 Å². The molecular weight excluding hydrogens is 280 g/mol. The van der Waals surface area contributed by atoms with Gasteiger partial charge in [0.15, 0.2) is 0 Å². The number of carboxylic acids is 1. The molecule has 0 bridgehead atoms. The van der Waals surface area contributed by atoms with Gasteiger partial charge in [0, 0.05) is 10.7 Å². The van der Waals surface area contributed by atoms with Gasteiger partial charge in [-0.2, -0.15) is 0 Å². The predicted octanol–water partition coefficient (Wildman–Crippen LogP) is 2.33. The van der Waals surface area contributed by atoms with Gasteiger partial charge in [-0.3, -0.25) is 19.9 Å². The van der Waals surface area contributed by atoms with E-state index in [4.69, 9.17) is 5.11 Å². The Kier molecular flexibility index (Phi) is 3.94. The molecule has 1 heterocycles. The number of nitrogens with zero attached hydrogens (tertiary/aromatic N) is 2. The third-order valence-corrected chi connectivity index (χ3v) is 2.80. The second-order valence-corrected chi connectivity index (χ2v) is 3.96. The standard InChI is InChI=1S/C9H9BrN2O4/c1-2-5(9(13)14)8-6(10)3-11-4-7(8)12(15)16/h3-5H,2H2,1H3,(H,13,14). The van der Waals surface area contributed by atoms with E-state index in [-0.39, 0.29) is 17.7 Å². The van der Waals surface area contributed by atoms with Crippen molar-refractivity contribution in [3.8, 4) is 0 Å². The lowest BCUT2D eigenvalue weighted by atomic mass is 9.96. The van der Waals surface area contributed by atoms with Gasteiger partial charge >= 0.3 is 5.97 Å². The summed E-state index contributed by atoms with van der Waals surface area (Å²) in [6.45, 7) is 1.66. The van der Waals surface area contributed by atoms with Crippen molar-refractivity contribution in [2.45, 2.75) is 19.3 Å². The molecule has 1 aromatic rings. The maximum absolute atomic E-state index is 11.0. The number of aliphatic carboxylic acids is 1. The Hall–Kier alpha value is -1.50. The molecule has 0 radical (unpaired) electrons. The monoisotopic (exact) mass is 288 g/mol. The minimum atomic E-state index is -1.09. The van der Waals surface area contributed by atoms with Crippen LogP contribution >= 0.6 is 15.9 Å². The lowest BCUT2D eigenvalue weighted by Gasteiger charge is -2.11. The third-order valence-electron chi connectivity index (χ3n) is 2.17. The minimum absolute atomic E-state index is 0.162. The summed E-state index contributed by atoms with van der Waals surface area (Å²) < 4.78 is 0.343. The van der Waals surface area contributed by atoms with E-state index >= 15 is 0 Å². The summed E-state index contributed by atoms with van der Waals surface area (Å²) in [4.78, 5) is 24.8. The van der Waals surface area contributed by atoms with E-state index in [1.54, 1.807) is 6.92 Å². The number of halogens is 1. The molecule has 16 heavy (non-hydrogen) atoms. The average molecular weight is 289 g/mol. The molecule has 0 amide bonds. The highest BCUT2D eigenvalue weighted by Gasteiger charge is 2.29. The Balaban J connectivity index is 3.39. The van der Waals surface area contributed by atoms with Crippen LogP contribution in [0.15, 0.2) is 16.9 Å². The molecule has 0 spiro atoms. The quantitative estimate of drug-likeness (QED) is 0.678. The fourth-order valence-electron chi connectivity index (χ4n) is 1.43. The van der Waals surface area contributed by atoms with Crippen LogP contribution in [0.2, 0.25) is 0 Å². The van der Waals surface area contributed by atoms with E-state index < -0.39 is 16.8 Å². The normalized spacial score (nSPS) is 12.1. The van der Waals surface area contributed by atoms with Gasteiger partial charge in [-0.25, -0.2) is 0 Å². The van der Waals surface area contributed by atoms with E-state index in [9.17, 15) is 14.9 Å². The Labute approximate surface area is 99.6 Å². The lowest BCUT2D eigenvalue weighted by Crippen LogP contribution is -2.13. The van der Waals surface area contributed by atoms with Gasteiger partial charge in [0.2, 0.25) is 0 Å². The average Bonchev–Trinajstić information content (AvgIpc) is 2.20. The first kappa shape index (κ1) is 12.6. The van der Waals surface area contributed by atoms with Gasteiger partial charge in [-0.15, -0.1) is 0 Å². The van der Waals surface area contributed by atoms with Crippen LogP contribution in [0.5, 0.6) is 0 Å². The van der Waals surface area contributed by atoms with Crippen LogP contribution in [0.25, 0.3) is 0 Å². The predicted molar refractivity (Wildman–Crippen MR) is 59.3 cm³/mol. The van der Waals surface area contributed by atoms with Crippen molar-refractivity contribution in [2.75, 3.05) is 0 Å². The van der Waals surface area contributed by atoms with Crippen molar-refractivity contribution in [2.24, 2.45) is 0 Å². The van der Waals surface area contributed by atoms with Crippen molar-refractivity contribution >= 4 is 27.6 Å². The molecule has 0 aromatic carbocycles. The van der Waals surface area contributed by atoms with Crippen molar-refractivity contribution in [3.05, 3.63) is 32.5 Å². The molecule has 0 saturated heterocycles. The second kappa shape index (κ2) is 5.02. The SMILES string of the molecule is CCC(C(=O)O)c1c(Br)cncc1[N+](=O)[O-]. The number of pyridine rings is 1. The maximum Gasteiger partial charge on any atom is 0.311 e. The molecule has 0 aliphatic heterocycles. The highest BCUT2D eigenvalue weighted by atomic mass is 79.9. The van der Waals surface area contributed by atoms with Crippen LogP contribution in [0.1, 0.15) is 24.8 Å². The molecule has 0 saturated carbocycles. The van der Waals surface area contributed by atoms with E-state index in [2.05, 4.69) is 20.9 Å². The Morgan fingerprint density at radius 3 is 2.75 bits per heavy atom. The van der Waals surface area contributed by atoms with Crippen LogP contribution in [0.3, 0.4) is 0 Å². The maximum atomic E-state index is 11.0. The first-order chi connectivity index (χ1) is 7.49. The molecule has 1 aromatic heterocycles. The number of carbonyl (C=O) groups is 1. The summed E-state index contributed by atoms with van der Waals surface area (Å²) in [6, 6.07) is 0. The molecular formula is C9H9BrN2O4. The third kappa shape index (κ3) is 2.35. The molecule has 7 heteroatoms. The number of nitro groups is 1. The molecule has 1 atom stereocenters. The van der Waals surface area contributed by atoms with Crippen molar-refractivity contribution in [1.82, 2.24) is 4.98 Å². The first-order valence-electron chi connectivity index (χ1n) is 4.49. The molecule has 0 fully saturated rings. The first-order valence-corrected chi connectivity index (χ1v) is 5.28. The summed E-state index contributed by atoms with van der Waals surface area (Å²) in [5.41, 5.74) is -0.112. The van der Waals surface area contributed by atoms with Crippen LogP contribution in [-0.4, -0.2) is 21.0 Å². The van der Waals surface area contributed by atoms with Gasteiger partial charge in [-0.05, 0) is 22.4 Å². The van der Waals surface area contributed by atoms with Gasteiger partial charge in [0.1, 0.15) is 6.20 Å². The van der Waals surface area contributed by atoms with Crippen LogP contribution < -0.4 is 0 Å². The molecule has 1 rings (SSSR count). The lowest BCUT2D eigenvalue weighted by molar-refractivity contribution is -0.386. The zero-order chi connectivity index (χ0) is 12.3. The van der Waals surface area contributed by atoms with E-state index in [1.807, 2.05) is 0 Å². The van der Waals surface area contributed by atoms with Crippen LogP contribution in [0, 0.1) is 10.1 Å². The van der Waals surface area contributed by atoms with Gasteiger partial charge in [0.05, 0.1) is 16.4 Å². The zero-order valence-electron chi connectivity index (χ0n) is 8.38. The molecule has 6 nitrogen and oxygen atoms in total. The minimum Gasteiger partial charge on any atom is -0.481 e. The molecule has 86 valence electrons. The van der Waals surface area contributed by atoms with Gasteiger partial charge in [-0.1, -0.05) is 6.92 Å². The van der Waals surface area contributed by atoms with Gasteiger partial charge < -0.3 is 5.11 Å². The topological polar surface area (TPSA) is 93.3 Å². The summed E-state index contributed by atoms with van der Waals surface area (Å²) >= 11 is 3.09. The van der Waals surface area contributed by atoms with Crippen LogP contribution in [-0.2, 0) is 4.79 Å². The smallest absolute Gasteiger partial charge is 0.311 e. The zero-order valence-corrected chi connectivity index (χ0v) is 9.97. The molecule has 0 aliphatic rings. The second-order valence-electron chi connectivity index (χ2n) is 3.11. The van der Waals surface area contributed by atoms with E-state index in [0.29, 0.717) is 4.47 Å². The molecule has 0 aliphatic carbocycles. The number of aromatic nitrogens is 1. The summed E-state index contributed by atoms with van der Waals surface area (Å²) in [5.74, 6) is -1.99. The number of hydrogen-bond donors (Lipinski definition) is 1. The van der Waals surface area contributed by atoms with Crippen LogP contribution in [0.4, 0.5) is 5.69 Å². The fraction of sp³-hybridized carbons (Fsp3) is 0.333. The van der Waals surface area contributed by atoms with E-state index in [1.165, 1.54) is 6.20 Å². The molecule has 1 unspecified atom stereocenters. The highest BCUT2D eigenvalue weighted by Crippen LogP contribution is 2.34. The van der Waals surface area contributed by atoms with Gasteiger partial charge in [0.25, 0.3) is 5.69 Å².